The van der Waals surface area contributed by atoms with Crippen molar-refractivity contribution in [3.8, 4) is 5.75 Å². The van der Waals surface area contributed by atoms with Gasteiger partial charge in [-0.05, 0) is 57.2 Å². The highest BCUT2D eigenvalue weighted by Gasteiger charge is 2.22. The minimum absolute atomic E-state index is 0.117. The van der Waals surface area contributed by atoms with E-state index in [9.17, 15) is 13.2 Å². The molecule has 30 heavy (non-hydrogen) atoms. The molecule has 0 aliphatic heterocycles. The quantitative estimate of drug-likeness (QED) is 0.594. The summed E-state index contributed by atoms with van der Waals surface area (Å²) in [5.41, 5.74) is 2.50. The number of sulfonamides is 1. The van der Waals surface area contributed by atoms with Crippen molar-refractivity contribution in [1.82, 2.24) is 5.32 Å². The average Bonchev–Trinajstić information content (AvgIpc) is 3.04. The molecule has 1 amide bonds. The fourth-order valence-electron chi connectivity index (χ4n) is 3.00. The van der Waals surface area contributed by atoms with Crippen LogP contribution in [0.15, 0.2) is 57.8 Å². The predicted molar refractivity (Wildman–Crippen MR) is 114 cm³/mol. The van der Waals surface area contributed by atoms with E-state index < -0.39 is 15.9 Å². The molecule has 0 fully saturated rings. The maximum atomic E-state index is 12.9. The molecule has 0 unspecified atom stereocenters. The molecule has 158 valence electrons. The number of ether oxygens (including phenoxy) is 1. The number of aryl methyl sites for hydroxylation is 3. The Bertz CT molecular complexity index is 1160. The van der Waals surface area contributed by atoms with Gasteiger partial charge >= 0.3 is 0 Å². The molecule has 1 aromatic heterocycles. The van der Waals surface area contributed by atoms with Gasteiger partial charge in [0.15, 0.2) is 0 Å². The monoisotopic (exact) mass is 428 g/mol. The fourth-order valence-corrected chi connectivity index (χ4v) is 4.25. The number of amides is 1. The molecule has 0 radical (unpaired) electrons. The van der Waals surface area contributed by atoms with Crippen LogP contribution < -0.4 is 14.8 Å². The highest BCUT2D eigenvalue weighted by molar-refractivity contribution is 7.92. The summed E-state index contributed by atoms with van der Waals surface area (Å²) in [5, 5.41) is 2.79. The number of carbonyl (C=O) groups is 1. The second kappa shape index (κ2) is 8.62. The van der Waals surface area contributed by atoms with E-state index in [2.05, 4.69) is 10.0 Å². The van der Waals surface area contributed by atoms with Gasteiger partial charge in [-0.2, -0.15) is 0 Å². The van der Waals surface area contributed by atoms with Gasteiger partial charge in [0.2, 0.25) is 0 Å². The number of nitrogens with one attached hydrogen (secondary N) is 2. The van der Waals surface area contributed by atoms with Crippen LogP contribution in [-0.4, -0.2) is 21.4 Å². The number of rotatable bonds is 7. The van der Waals surface area contributed by atoms with Gasteiger partial charge in [-0.25, -0.2) is 8.42 Å². The van der Waals surface area contributed by atoms with Crippen molar-refractivity contribution >= 4 is 21.6 Å². The highest BCUT2D eigenvalue weighted by Crippen LogP contribution is 2.27. The van der Waals surface area contributed by atoms with Gasteiger partial charge < -0.3 is 14.5 Å². The molecule has 0 bridgehead atoms. The molecule has 3 rings (SSSR count). The van der Waals surface area contributed by atoms with Crippen molar-refractivity contribution in [2.75, 3.05) is 11.8 Å². The van der Waals surface area contributed by atoms with Crippen LogP contribution >= 0.6 is 0 Å². The molecule has 3 aromatic rings. The smallest absolute Gasteiger partial charge is 0.265 e. The number of carbonyl (C=O) groups excluding carboxylic acids is 1. The number of hydrogen-bond donors (Lipinski definition) is 2. The normalized spacial score (nSPS) is 11.2. The van der Waals surface area contributed by atoms with E-state index in [0.717, 1.165) is 22.6 Å². The summed E-state index contributed by atoms with van der Waals surface area (Å²) in [5.74, 6) is 1.24. The molecule has 2 N–H and O–H groups in total. The van der Waals surface area contributed by atoms with E-state index in [4.69, 9.17) is 9.15 Å². The third-order valence-corrected chi connectivity index (χ3v) is 6.00. The first-order valence-corrected chi connectivity index (χ1v) is 10.8. The third kappa shape index (κ3) is 4.83. The fraction of sp³-hybridized carbons (Fsp3) is 0.227. The van der Waals surface area contributed by atoms with Crippen LogP contribution in [-0.2, 0) is 16.6 Å². The molecule has 7 nitrogen and oxygen atoms in total. The largest absolute Gasteiger partial charge is 0.495 e. The molecular formula is C22H24N2O5S. The van der Waals surface area contributed by atoms with Crippen molar-refractivity contribution < 1.29 is 22.4 Å². The number of benzene rings is 2. The lowest BCUT2D eigenvalue weighted by atomic mass is 10.2. The summed E-state index contributed by atoms with van der Waals surface area (Å²) >= 11 is 0. The van der Waals surface area contributed by atoms with E-state index in [0.29, 0.717) is 5.69 Å². The van der Waals surface area contributed by atoms with E-state index in [1.54, 1.807) is 24.3 Å². The molecule has 0 aliphatic rings. The zero-order valence-corrected chi connectivity index (χ0v) is 18.1. The van der Waals surface area contributed by atoms with Crippen molar-refractivity contribution in [2.45, 2.75) is 32.2 Å². The highest BCUT2D eigenvalue weighted by atomic mass is 32.2. The van der Waals surface area contributed by atoms with E-state index in [1.165, 1.54) is 25.3 Å². The van der Waals surface area contributed by atoms with E-state index >= 15 is 0 Å². The maximum absolute atomic E-state index is 12.9. The topological polar surface area (TPSA) is 97.6 Å². The SMILES string of the molecule is COc1ccc(C(=O)NCc2cc(C)oc2C)cc1S(=O)(=O)Nc1ccc(C)cc1. The van der Waals surface area contributed by atoms with E-state index in [1.807, 2.05) is 26.8 Å². The van der Waals surface area contributed by atoms with Crippen molar-refractivity contribution in [3.63, 3.8) is 0 Å². The van der Waals surface area contributed by atoms with Crippen LogP contribution in [0.1, 0.15) is 33.0 Å². The zero-order valence-electron chi connectivity index (χ0n) is 17.3. The second-order valence-electron chi connectivity index (χ2n) is 6.96. The maximum Gasteiger partial charge on any atom is 0.265 e. The van der Waals surface area contributed by atoms with Crippen molar-refractivity contribution in [2.24, 2.45) is 0 Å². The average molecular weight is 429 g/mol. The molecule has 0 spiro atoms. The number of anilines is 1. The van der Waals surface area contributed by atoms with Gasteiger partial charge in [0.05, 0.1) is 7.11 Å². The molecule has 0 saturated heterocycles. The molecule has 1 heterocycles. The molecule has 0 saturated carbocycles. The minimum atomic E-state index is -3.97. The summed E-state index contributed by atoms with van der Waals surface area (Å²) in [6.45, 7) is 5.84. The Balaban J connectivity index is 1.84. The van der Waals surface area contributed by atoms with Crippen LogP contribution in [0.2, 0.25) is 0 Å². The summed E-state index contributed by atoms with van der Waals surface area (Å²) in [6.07, 6.45) is 0. The molecule has 2 aromatic carbocycles. The first-order valence-electron chi connectivity index (χ1n) is 9.31. The van der Waals surface area contributed by atoms with Crippen LogP contribution in [0.4, 0.5) is 5.69 Å². The van der Waals surface area contributed by atoms with Gasteiger partial charge in [-0.3, -0.25) is 9.52 Å². The minimum Gasteiger partial charge on any atom is -0.495 e. The van der Waals surface area contributed by atoms with Crippen LogP contribution in [0.25, 0.3) is 0 Å². The summed E-state index contributed by atoms with van der Waals surface area (Å²) in [6, 6.07) is 13.1. The van der Waals surface area contributed by atoms with Gasteiger partial charge in [-0.1, -0.05) is 17.7 Å². The lowest BCUT2D eigenvalue weighted by molar-refractivity contribution is 0.0950. The summed E-state index contributed by atoms with van der Waals surface area (Å²) < 4.78 is 39.0. The number of hydrogen-bond acceptors (Lipinski definition) is 5. The first kappa shape index (κ1) is 21.4. The lowest BCUT2D eigenvalue weighted by Gasteiger charge is -2.13. The molecular weight excluding hydrogens is 404 g/mol. The van der Waals surface area contributed by atoms with Gasteiger partial charge in [0, 0.05) is 23.4 Å². The van der Waals surface area contributed by atoms with Gasteiger partial charge in [0.25, 0.3) is 15.9 Å². The lowest BCUT2D eigenvalue weighted by Crippen LogP contribution is -2.23. The van der Waals surface area contributed by atoms with Crippen molar-refractivity contribution in [3.05, 3.63) is 76.7 Å². The van der Waals surface area contributed by atoms with Crippen molar-refractivity contribution in [1.29, 1.82) is 0 Å². The molecule has 0 aliphatic carbocycles. The standard InChI is InChI=1S/C22H24N2O5S/c1-14-5-8-19(9-6-14)24-30(26,27)21-12-17(7-10-20(21)28-4)22(25)23-13-18-11-15(2)29-16(18)3/h5-12,24H,13H2,1-4H3,(H,23,25). The first-order chi connectivity index (χ1) is 14.2. The van der Waals surface area contributed by atoms with E-state index in [-0.39, 0.29) is 22.8 Å². The Morgan fingerprint density at radius 1 is 1.03 bits per heavy atom. The Hall–Kier alpha value is -3.26. The van der Waals surface area contributed by atoms with Gasteiger partial charge in [0.1, 0.15) is 22.2 Å². The third-order valence-electron chi connectivity index (χ3n) is 4.60. The van der Waals surface area contributed by atoms with Crippen LogP contribution in [0.5, 0.6) is 5.75 Å². The Labute approximate surface area is 176 Å². The molecule has 8 heteroatoms. The van der Waals surface area contributed by atoms with Crippen LogP contribution in [0, 0.1) is 20.8 Å². The second-order valence-corrected chi connectivity index (χ2v) is 8.61. The predicted octanol–water partition coefficient (Wildman–Crippen LogP) is 3.94. The summed E-state index contributed by atoms with van der Waals surface area (Å²) in [4.78, 5) is 12.5. The van der Waals surface area contributed by atoms with Crippen LogP contribution in [0.3, 0.4) is 0 Å². The number of furan rings is 1. The molecule has 0 atom stereocenters. The Kier molecular flexibility index (Phi) is 6.17. The number of methoxy groups -OCH3 is 1. The Morgan fingerprint density at radius 2 is 1.73 bits per heavy atom. The Morgan fingerprint density at radius 3 is 2.33 bits per heavy atom. The summed E-state index contributed by atoms with van der Waals surface area (Å²) in [7, 11) is -2.59. The zero-order chi connectivity index (χ0) is 21.9. The van der Waals surface area contributed by atoms with Gasteiger partial charge in [-0.15, -0.1) is 0 Å².